The summed E-state index contributed by atoms with van der Waals surface area (Å²) in [7, 11) is 0. The molecule has 0 saturated heterocycles. The van der Waals surface area contributed by atoms with Crippen molar-refractivity contribution in [2.45, 2.75) is 0 Å². The lowest BCUT2D eigenvalue weighted by Gasteiger charge is -2.20. The average Bonchev–Trinajstić information content (AvgIpc) is 2.38. The molecule has 0 aliphatic carbocycles. The maximum absolute atomic E-state index is 12.0. The summed E-state index contributed by atoms with van der Waals surface area (Å²) in [5, 5.41) is 11.6. The molecule has 19 heavy (non-hydrogen) atoms. The summed E-state index contributed by atoms with van der Waals surface area (Å²) in [4.78, 5) is 24.5. The molecule has 0 aliphatic rings. The zero-order valence-corrected chi connectivity index (χ0v) is 10.5. The van der Waals surface area contributed by atoms with Gasteiger partial charge in [-0.05, 0) is 12.1 Å². The first-order valence-electron chi connectivity index (χ1n) is 5.70. The quantitative estimate of drug-likeness (QED) is 0.772. The van der Waals surface area contributed by atoms with Gasteiger partial charge in [0, 0.05) is 13.1 Å². The van der Waals surface area contributed by atoms with Crippen LogP contribution in [0.15, 0.2) is 49.6 Å². The zero-order valence-electron chi connectivity index (χ0n) is 10.5. The number of aromatic carboxylic acids is 1. The fourth-order valence-electron chi connectivity index (χ4n) is 1.52. The van der Waals surface area contributed by atoms with Gasteiger partial charge in [0.2, 0.25) is 0 Å². The fraction of sp³-hybridized carbons (Fsp3) is 0.143. The van der Waals surface area contributed by atoms with Gasteiger partial charge in [-0.1, -0.05) is 24.3 Å². The maximum Gasteiger partial charge on any atom is 0.337 e. The van der Waals surface area contributed by atoms with Crippen LogP contribution in [0.3, 0.4) is 0 Å². The summed E-state index contributed by atoms with van der Waals surface area (Å²) >= 11 is 0. The molecule has 0 unspecified atom stereocenters. The van der Waals surface area contributed by atoms with E-state index in [-0.39, 0.29) is 11.3 Å². The van der Waals surface area contributed by atoms with Gasteiger partial charge in [0.05, 0.1) is 11.3 Å². The summed E-state index contributed by atoms with van der Waals surface area (Å²) in [6, 6.07) is 5.84. The van der Waals surface area contributed by atoms with Crippen LogP contribution in [-0.2, 0) is 0 Å². The molecule has 2 N–H and O–H groups in total. The van der Waals surface area contributed by atoms with Gasteiger partial charge in [-0.15, -0.1) is 13.2 Å². The number of urea groups is 1. The van der Waals surface area contributed by atoms with Crippen LogP contribution in [0.1, 0.15) is 10.4 Å². The Morgan fingerprint density at radius 3 is 2.32 bits per heavy atom. The molecule has 0 radical (unpaired) electrons. The molecule has 1 aromatic carbocycles. The zero-order chi connectivity index (χ0) is 14.3. The van der Waals surface area contributed by atoms with Crippen LogP contribution in [0.5, 0.6) is 0 Å². The van der Waals surface area contributed by atoms with Gasteiger partial charge in [-0.25, -0.2) is 9.59 Å². The monoisotopic (exact) mass is 260 g/mol. The number of carboxylic acids is 1. The van der Waals surface area contributed by atoms with E-state index < -0.39 is 12.0 Å². The topological polar surface area (TPSA) is 69.6 Å². The second-order valence-electron chi connectivity index (χ2n) is 3.76. The smallest absolute Gasteiger partial charge is 0.337 e. The summed E-state index contributed by atoms with van der Waals surface area (Å²) in [5.41, 5.74) is 0.311. The Balaban J connectivity index is 2.88. The number of nitrogens with zero attached hydrogens (tertiary/aromatic N) is 1. The lowest BCUT2D eigenvalue weighted by molar-refractivity contribution is 0.0698. The number of hydrogen-bond donors (Lipinski definition) is 2. The van der Waals surface area contributed by atoms with Gasteiger partial charge in [0.25, 0.3) is 0 Å². The molecule has 0 aromatic heterocycles. The van der Waals surface area contributed by atoms with E-state index in [2.05, 4.69) is 18.5 Å². The molecule has 0 saturated carbocycles. The van der Waals surface area contributed by atoms with E-state index in [1.807, 2.05) is 0 Å². The van der Waals surface area contributed by atoms with Crippen LogP contribution in [0.2, 0.25) is 0 Å². The lowest BCUT2D eigenvalue weighted by Crippen LogP contribution is -2.35. The minimum Gasteiger partial charge on any atom is -0.478 e. The number of carbonyl (C=O) groups is 2. The third-order valence-corrected chi connectivity index (χ3v) is 2.39. The Bertz CT molecular complexity index is 487. The van der Waals surface area contributed by atoms with Gasteiger partial charge in [0.1, 0.15) is 0 Å². The number of carbonyl (C=O) groups excluding carboxylic acids is 1. The summed E-state index contributed by atoms with van der Waals surface area (Å²) < 4.78 is 0. The van der Waals surface area contributed by atoms with Crippen molar-refractivity contribution in [2.75, 3.05) is 18.4 Å². The Morgan fingerprint density at radius 1 is 1.21 bits per heavy atom. The van der Waals surface area contributed by atoms with Crippen LogP contribution in [0.4, 0.5) is 10.5 Å². The SMILES string of the molecule is C=CCN(CC=C)C(=O)Nc1ccccc1C(=O)O. The van der Waals surface area contributed by atoms with Gasteiger partial charge >= 0.3 is 12.0 Å². The molecule has 0 atom stereocenters. The summed E-state index contributed by atoms with van der Waals surface area (Å²) in [6.07, 6.45) is 3.18. The Kier molecular flexibility index (Phi) is 5.35. The molecule has 0 aliphatic heterocycles. The number of carboxylic acid groups (broad SMARTS) is 1. The van der Waals surface area contributed by atoms with Crippen molar-refractivity contribution in [3.63, 3.8) is 0 Å². The van der Waals surface area contributed by atoms with Crippen LogP contribution in [0.25, 0.3) is 0 Å². The molecule has 0 heterocycles. The largest absolute Gasteiger partial charge is 0.478 e. The fourth-order valence-corrected chi connectivity index (χ4v) is 1.52. The molecule has 1 aromatic rings. The highest BCUT2D eigenvalue weighted by Crippen LogP contribution is 2.15. The molecule has 1 rings (SSSR count). The van der Waals surface area contributed by atoms with Crippen molar-refractivity contribution < 1.29 is 14.7 Å². The second-order valence-corrected chi connectivity index (χ2v) is 3.76. The van der Waals surface area contributed by atoms with E-state index >= 15 is 0 Å². The van der Waals surface area contributed by atoms with Gasteiger partial charge < -0.3 is 15.3 Å². The highest BCUT2D eigenvalue weighted by molar-refractivity contribution is 6.00. The Morgan fingerprint density at radius 2 is 1.79 bits per heavy atom. The highest BCUT2D eigenvalue weighted by atomic mass is 16.4. The molecule has 0 spiro atoms. The van der Waals surface area contributed by atoms with Crippen molar-refractivity contribution in [1.82, 2.24) is 4.90 Å². The number of nitrogens with one attached hydrogen (secondary N) is 1. The molecule has 5 heteroatoms. The van der Waals surface area contributed by atoms with Gasteiger partial charge in [-0.2, -0.15) is 0 Å². The minimum absolute atomic E-state index is 0.0491. The van der Waals surface area contributed by atoms with Crippen LogP contribution >= 0.6 is 0 Å². The van der Waals surface area contributed by atoms with Crippen LogP contribution in [-0.4, -0.2) is 35.1 Å². The number of anilines is 1. The summed E-state index contributed by atoms with van der Waals surface area (Å²) in [5.74, 6) is -1.09. The van der Waals surface area contributed by atoms with Crippen molar-refractivity contribution >= 4 is 17.7 Å². The van der Waals surface area contributed by atoms with Crippen molar-refractivity contribution in [2.24, 2.45) is 0 Å². The third-order valence-electron chi connectivity index (χ3n) is 2.39. The predicted octanol–water partition coefficient (Wildman–Crippen LogP) is 2.59. The Labute approximate surface area is 111 Å². The van der Waals surface area contributed by atoms with E-state index in [0.717, 1.165) is 0 Å². The third kappa shape index (κ3) is 3.99. The molecule has 2 amide bonds. The number of amides is 2. The summed E-state index contributed by atoms with van der Waals surface area (Å²) in [6.45, 7) is 7.84. The number of benzene rings is 1. The van der Waals surface area contributed by atoms with Crippen molar-refractivity contribution in [1.29, 1.82) is 0 Å². The second kappa shape index (κ2) is 7.00. The van der Waals surface area contributed by atoms with Crippen LogP contribution in [0, 0.1) is 0 Å². The number of hydrogen-bond acceptors (Lipinski definition) is 2. The number of rotatable bonds is 6. The maximum atomic E-state index is 12.0. The van der Waals surface area contributed by atoms with Gasteiger partial charge in [0.15, 0.2) is 0 Å². The molecule has 0 fully saturated rings. The molecular formula is C14H16N2O3. The van der Waals surface area contributed by atoms with E-state index in [1.54, 1.807) is 30.4 Å². The van der Waals surface area contributed by atoms with Gasteiger partial charge in [-0.3, -0.25) is 0 Å². The first kappa shape index (κ1) is 14.5. The molecular weight excluding hydrogens is 244 g/mol. The van der Waals surface area contributed by atoms with Crippen molar-refractivity contribution in [3.8, 4) is 0 Å². The van der Waals surface area contributed by atoms with Crippen LogP contribution < -0.4 is 5.32 Å². The molecule has 0 bridgehead atoms. The first-order chi connectivity index (χ1) is 9.10. The number of para-hydroxylation sites is 1. The lowest BCUT2D eigenvalue weighted by atomic mass is 10.2. The average molecular weight is 260 g/mol. The van der Waals surface area contributed by atoms with Crippen molar-refractivity contribution in [3.05, 3.63) is 55.1 Å². The van der Waals surface area contributed by atoms with E-state index in [4.69, 9.17) is 5.11 Å². The molecule has 100 valence electrons. The Hall–Kier alpha value is -2.56. The standard InChI is InChI=1S/C14H16N2O3/c1-3-9-16(10-4-2)14(19)15-12-8-6-5-7-11(12)13(17)18/h3-8H,1-2,9-10H2,(H,15,19)(H,17,18). The molecule has 5 nitrogen and oxygen atoms in total. The van der Waals surface area contributed by atoms with E-state index in [0.29, 0.717) is 13.1 Å². The normalized spacial score (nSPS) is 9.47. The van der Waals surface area contributed by atoms with E-state index in [9.17, 15) is 9.59 Å². The first-order valence-corrected chi connectivity index (χ1v) is 5.70. The predicted molar refractivity (Wildman–Crippen MR) is 74.4 cm³/mol. The van der Waals surface area contributed by atoms with E-state index in [1.165, 1.54) is 11.0 Å². The highest BCUT2D eigenvalue weighted by Gasteiger charge is 2.15. The minimum atomic E-state index is -1.09.